The second-order valence-electron chi connectivity index (χ2n) is 2.95. The smallest absolute Gasteiger partial charge is 0.166 e. The Bertz CT molecular complexity index is 466. The molecule has 0 unspecified atom stereocenters. The van der Waals surface area contributed by atoms with Crippen molar-refractivity contribution in [1.29, 1.82) is 0 Å². The SMILES string of the molecule is FC(F)(F)c1ccc(-c2nncnn2)cc1. The fourth-order valence-corrected chi connectivity index (χ4v) is 1.13. The lowest BCUT2D eigenvalue weighted by Gasteiger charge is -2.06. The first-order valence-corrected chi connectivity index (χ1v) is 4.25. The van der Waals surface area contributed by atoms with Gasteiger partial charge in [-0.1, -0.05) is 12.1 Å². The lowest BCUT2D eigenvalue weighted by atomic mass is 10.1. The van der Waals surface area contributed by atoms with E-state index in [9.17, 15) is 13.2 Å². The lowest BCUT2D eigenvalue weighted by Crippen LogP contribution is -2.04. The van der Waals surface area contributed by atoms with Gasteiger partial charge in [0.1, 0.15) is 0 Å². The predicted octanol–water partition coefficient (Wildman–Crippen LogP) is 1.95. The molecule has 1 heterocycles. The Morgan fingerprint density at radius 3 is 1.94 bits per heavy atom. The van der Waals surface area contributed by atoms with Crippen molar-refractivity contribution in [1.82, 2.24) is 20.4 Å². The highest BCUT2D eigenvalue weighted by Gasteiger charge is 2.30. The van der Waals surface area contributed by atoms with Crippen molar-refractivity contribution in [2.45, 2.75) is 6.18 Å². The van der Waals surface area contributed by atoms with Crippen LogP contribution in [0.15, 0.2) is 30.6 Å². The summed E-state index contributed by atoms with van der Waals surface area (Å²) in [6, 6.07) is 4.49. The van der Waals surface area contributed by atoms with Gasteiger partial charge in [-0.15, -0.1) is 20.4 Å². The largest absolute Gasteiger partial charge is 0.416 e. The van der Waals surface area contributed by atoms with Gasteiger partial charge in [-0.05, 0) is 12.1 Å². The summed E-state index contributed by atoms with van der Waals surface area (Å²) in [5.41, 5.74) is -0.276. The summed E-state index contributed by atoms with van der Waals surface area (Å²) in [5.74, 6) is 0.191. The summed E-state index contributed by atoms with van der Waals surface area (Å²) in [7, 11) is 0. The molecule has 0 spiro atoms. The highest BCUT2D eigenvalue weighted by Crippen LogP contribution is 2.30. The van der Waals surface area contributed by atoms with Crippen LogP contribution in [0.2, 0.25) is 0 Å². The van der Waals surface area contributed by atoms with Gasteiger partial charge in [-0.3, -0.25) is 0 Å². The Morgan fingerprint density at radius 1 is 0.875 bits per heavy atom. The van der Waals surface area contributed by atoms with Crippen molar-refractivity contribution in [3.8, 4) is 11.4 Å². The molecule has 0 atom stereocenters. The second kappa shape index (κ2) is 3.84. The van der Waals surface area contributed by atoms with Crippen LogP contribution in [-0.2, 0) is 6.18 Å². The number of benzene rings is 1. The fourth-order valence-electron chi connectivity index (χ4n) is 1.13. The Balaban J connectivity index is 2.34. The zero-order chi connectivity index (χ0) is 11.6. The molecule has 0 saturated heterocycles. The minimum Gasteiger partial charge on any atom is -0.166 e. The quantitative estimate of drug-likeness (QED) is 0.745. The molecule has 0 saturated carbocycles. The fraction of sp³-hybridized carbons (Fsp3) is 0.111. The maximum atomic E-state index is 12.3. The molecule has 0 fully saturated rings. The van der Waals surface area contributed by atoms with E-state index in [2.05, 4.69) is 20.4 Å². The molecule has 0 bridgehead atoms. The molecule has 0 radical (unpaired) electrons. The van der Waals surface area contributed by atoms with E-state index >= 15 is 0 Å². The first kappa shape index (κ1) is 10.5. The Labute approximate surface area is 88.2 Å². The minimum atomic E-state index is -4.34. The van der Waals surface area contributed by atoms with E-state index in [0.717, 1.165) is 18.5 Å². The molecule has 82 valence electrons. The topological polar surface area (TPSA) is 51.6 Å². The summed E-state index contributed by atoms with van der Waals surface area (Å²) in [6.45, 7) is 0. The molecule has 0 aliphatic rings. The molecule has 4 nitrogen and oxygen atoms in total. The van der Waals surface area contributed by atoms with E-state index in [1.807, 2.05) is 0 Å². The van der Waals surface area contributed by atoms with Crippen molar-refractivity contribution < 1.29 is 13.2 Å². The van der Waals surface area contributed by atoms with Gasteiger partial charge in [-0.2, -0.15) is 13.2 Å². The van der Waals surface area contributed by atoms with Gasteiger partial charge in [-0.25, -0.2) is 0 Å². The zero-order valence-corrected chi connectivity index (χ0v) is 7.81. The molecule has 16 heavy (non-hydrogen) atoms. The van der Waals surface area contributed by atoms with Crippen LogP contribution in [0, 0.1) is 0 Å². The van der Waals surface area contributed by atoms with Gasteiger partial charge in [0.2, 0.25) is 5.82 Å². The first-order valence-electron chi connectivity index (χ1n) is 4.25. The number of rotatable bonds is 1. The maximum absolute atomic E-state index is 12.3. The number of aromatic nitrogens is 4. The monoisotopic (exact) mass is 226 g/mol. The van der Waals surface area contributed by atoms with Gasteiger partial charge in [0.05, 0.1) is 5.56 Å². The lowest BCUT2D eigenvalue weighted by molar-refractivity contribution is -0.137. The van der Waals surface area contributed by atoms with Crippen LogP contribution in [0.25, 0.3) is 11.4 Å². The molecule has 7 heteroatoms. The molecule has 2 rings (SSSR count). The maximum Gasteiger partial charge on any atom is 0.416 e. The minimum absolute atomic E-state index is 0.191. The number of halogens is 3. The standard InChI is InChI=1S/C9H5F3N4/c10-9(11,12)7-3-1-6(2-4-7)8-15-13-5-14-16-8/h1-5H. The third-order valence-corrected chi connectivity index (χ3v) is 1.88. The molecule has 0 aliphatic heterocycles. The molecule has 2 aromatic rings. The van der Waals surface area contributed by atoms with Gasteiger partial charge in [0.15, 0.2) is 6.33 Å². The molecule has 0 aliphatic carbocycles. The Kier molecular flexibility index (Phi) is 2.51. The van der Waals surface area contributed by atoms with Gasteiger partial charge in [0.25, 0.3) is 0 Å². The highest BCUT2D eigenvalue weighted by atomic mass is 19.4. The first-order chi connectivity index (χ1) is 7.57. The number of alkyl halides is 3. The van der Waals surface area contributed by atoms with Crippen molar-refractivity contribution >= 4 is 0 Å². The van der Waals surface area contributed by atoms with Crippen molar-refractivity contribution in [3.63, 3.8) is 0 Å². The van der Waals surface area contributed by atoms with Crippen LogP contribution in [0.1, 0.15) is 5.56 Å². The average molecular weight is 226 g/mol. The normalized spacial score (nSPS) is 11.4. The molecule has 0 amide bonds. The van der Waals surface area contributed by atoms with Crippen molar-refractivity contribution in [2.75, 3.05) is 0 Å². The summed E-state index contributed by atoms with van der Waals surface area (Å²) < 4.78 is 36.8. The molecule has 1 aromatic heterocycles. The third kappa shape index (κ3) is 2.13. The van der Waals surface area contributed by atoms with Crippen LogP contribution < -0.4 is 0 Å². The summed E-state index contributed by atoms with van der Waals surface area (Å²) in [5, 5.41) is 14.2. The van der Waals surface area contributed by atoms with Crippen LogP contribution in [0.4, 0.5) is 13.2 Å². The highest BCUT2D eigenvalue weighted by molar-refractivity contribution is 5.54. The zero-order valence-electron chi connectivity index (χ0n) is 7.81. The van der Waals surface area contributed by atoms with E-state index in [1.54, 1.807) is 0 Å². The molecular weight excluding hydrogens is 221 g/mol. The number of hydrogen-bond acceptors (Lipinski definition) is 4. The van der Waals surface area contributed by atoms with Gasteiger partial charge < -0.3 is 0 Å². The Morgan fingerprint density at radius 2 is 1.44 bits per heavy atom. The van der Waals surface area contributed by atoms with Gasteiger partial charge >= 0.3 is 6.18 Å². The second-order valence-corrected chi connectivity index (χ2v) is 2.95. The van der Waals surface area contributed by atoms with Crippen molar-refractivity contribution in [3.05, 3.63) is 36.2 Å². The summed E-state index contributed by atoms with van der Waals surface area (Å²) >= 11 is 0. The Hall–Kier alpha value is -2.05. The van der Waals surface area contributed by atoms with Crippen LogP contribution in [0.3, 0.4) is 0 Å². The van der Waals surface area contributed by atoms with Gasteiger partial charge in [0, 0.05) is 5.56 Å². The average Bonchev–Trinajstić information content (AvgIpc) is 2.29. The summed E-state index contributed by atoms with van der Waals surface area (Å²) in [4.78, 5) is 0. The van der Waals surface area contributed by atoms with Crippen LogP contribution in [-0.4, -0.2) is 20.4 Å². The van der Waals surface area contributed by atoms with Crippen LogP contribution in [0.5, 0.6) is 0 Å². The van der Waals surface area contributed by atoms with Crippen molar-refractivity contribution in [2.24, 2.45) is 0 Å². The van der Waals surface area contributed by atoms with E-state index in [1.165, 1.54) is 12.1 Å². The molecule has 1 aromatic carbocycles. The molecule has 0 N–H and O–H groups in total. The van der Waals surface area contributed by atoms with Crippen LogP contribution >= 0.6 is 0 Å². The number of nitrogens with zero attached hydrogens (tertiary/aromatic N) is 4. The third-order valence-electron chi connectivity index (χ3n) is 1.88. The summed E-state index contributed by atoms with van der Waals surface area (Å²) in [6.07, 6.45) is -3.19. The van der Waals surface area contributed by atoms with E-state index in [0.29, 0.717) is 5.56 Å². The number of hydrogen-bond donors (Lipinski definition) is 0. The predicted molar refractivity (Wildman–Crippen MR) is 48.1 cm³/mol. The molecular formula is C9H5F3N4. The van der Waals surface area contributed by atoms with E-state index in [4.69, 9.17) is 0 Å². The van der Waals surface area contributed by atoms with E-state index in [-0.39, 0.29) is 5.82 Å². The van der Waals surface area contributed by atoms with E-state index < -0.39 is 11.7 Å².